The van der Waals surface area contributed by atoms with Gasteiger partial charge in [0.05, 0.1) is 49.2 Å². The molecule has 1 unspecified atom stereocenters. The minimum Gasteiger partial charge on any atom is -0.496 e. The van der Waals surface area contributed by atoms with Crippen LogP contribution in [-0.2, 0) is 16.2 Å². The molecule has 0 saturated heterocycles. The number of anilines is 1. The van der Waals surface area contributed by atoms with Crippen LogP contribution in [0.15, 0.2) is 70.7 Å². The quantitative estimate of drug-likeness (QED) is 0.469. The maximum Gasteiger partial charge on any atom is 0.416 e. The molecule has 0 amide bonds. The Balaban J connectivity index is 1.81. The highest BCUT2D eigenvalue weighted by Crippen LogP contribution is 2.44. The van der Waals surface area contributed by atoms with Gasteiger partial charge < -0.3 is 14.2 Å². The summed E-state index contributed by atoms with van der Waals surface area (Å²) in [5.74, 6) is 1.39. The van der Waals surface area contributed by atoms with Crippen molar-refractivity contribution in [1.82, 2.24) is 0 Å². The summed E-state index contributed by atoms with van der Waals surface area (Å²) in [4.78, 5) is -0.0670. The molecule has 196 valence electrons. The number of benzene rings is 3. The molecule has 12 heteroatoms. The van der Waals surface area contributed by atoms with Crippen molar-refractivity contribution in [1.29, 1.82) is 0 Å². The molecule has 1 aliphatic heterocycles. The molecule has 0 fully saturated rings. The van der Waals surface area contributed by atoms with E-state index in [2.05, 4.69) is 0 Å². The molecule has 0 aliphatic carbocycles. The van der Waals surface area contributed by atoms with Crippen molar-refractivity contribution in [2.75, 3.05) is 26.3 Å². The molecule has 1 heterocycles. The number of primary sulfonamides is 1. The summed E-state index contributed by atoms with van der Waals surface area (Å²) in [6.07, 6.45) is -4.14. The lowest BCUT2D eigenvalue weighted by molar-refractivity contribution is -0.137. The lowest BCUT2D eigenvalue weighted by Gasteiger charge is -2.26. The number of ether oxygens (including phenoxy) is 3. The zero-order valence-corrected chi connectivity index (χ0v) is 20.9. The predicted octanol–water partition coefficient (Wildman–Crippen LogP) is 4.73. The van der Waals surface area contributed by atoms with Gasteiger partial charge in [-0.05, 0) is 48.0 Å². The number of alkyl halides is 3. The predicted molar refractivity (Wildman–Crippen MR) is 132 cm³/mol. The van der Waals surface area contributed by atoms with Gasteiger partial charge in [-0.15, -0.1) is 0 Å². The molecule has 3 aromatic rings. The Hall–Kier alpha value is -3.77. The number of nitrogens with two attached hydrogens (primary N) is 1. The van der Waals surface area contributed by atoms with Gasteiger partial charge in [0.1, 0.15) is 5.75 Å². The van der Waals surface area contributed by atoms with Gasteiger partial charge in [0, 0.05) is 18.1 Å². The molecule has 4 rings (SSSR count). The number of methoxy groups -OCH3 is 3. The first-order valence-electron chi connectivity index (χ1n) is 10.9. The Kier molecular flexibility index (Phi) is 7.07. The van der Waals surface area contributed by atoms with Crippen molar-refractivity contribution in [3.05, 3.63) is 77.4 Å². The first kappa shape index (κ1) is 26.3. The average Bonchev–Trinajstić information content (AvgIpc) is 3.32. The van der Waals surface area contributed by atoms with Crippen molar-refractivity contribution < 1.29 is 35.8 Å². The average molecular weight is 536 g/mol. The Morgan fingerprint density at radius 1 is 0.892 bits per heavy atom. The molecule has 1 atom stereocenters. The fourth-order valence-electron chi connectivity index (χ4n) is 4.12. The molecule has 0 bridgehead atoms. The molecule has 0 spiro atoms. The minimum absolute atomic E-state index is 0.0670. The lowest BCUT2D eigenvalue weighted by atomic mass is 9.96. The number of sulfonamides is 1. The summed E-state index contributed by atoms with van der Waals surface area (Å²) < 4.78 is 79.1. The van der Waals surface area contributed by atoms with Crippen molar-refractivity contribution in [2.45, 2.75) is 23.5 Å². The second-order valence-corrected chi connectivity index (χ2v) is 9.74. The van der Waals surface area contributed by atoms with Crippen molar-refractivity contribution >= 4 is 21.4 Å². The van der Waals surface area contributed by atoms with Gasteiger partial charge in [-0.3, -0.25) is 5.01 Å². The first-order valence-corrected chi connectivity index (χ1v) is 12.5. The van der Waals surface area contributed by atoms with Crippen LogP contribution in [0.3, 0.4) is 0 Å². The number of rotatable bonds is 7. The fourth-order valence-corrected chi connectivity index (χ4v) is 4.63. The Morgan fingerprint density at radius 2 is 1.46 bits per heavy atom. The smallest absolute Gasteiger partial charge is 0.416 e. The zero-order valence-electron chi connectivity index (χ0n) is 20.1. The van der Waals surface area contributed by atoms with E-state index in [0.717, 1.165) is 12.1 Å². The van der Waals surface area contributed by atoms with E-state index < -0.39 is 27.8 Å². The van der Waals surface area contributed by atoms with E-state index in [1.54, 1.807) is 29.3 Å². The number of nitrogens with zero attached hydrogens (tertiary/aromatic N) is 2. The summed E-state index contributed by atoms with van der Waals surface area (Å²) in [6, 6.07) is 13.5. The standard InChI is InChI=1S/C25H24F3N3O5S/c1-34-22-14-24(36-3)23(35-2)12-19(22)21-13-20(15-4-6-16(7-5-15)25(26,27)28)30-31(21)17-8-10-18(11-9-17)37(29,32)33/h4-12,14,21H,13H2,1-3H3,(H2,29,32,33). The third-order valence-corrected chi connectivity index (χ3v) is 6.91. The van der Waals surface area contributed by atoms with Gasteiger partial charge in [0.25, 0.3) is 0 Å². The Labute approximate surface area is 212 Å². The van der Waals surface area contributed by atoms with Crippen molar-refractivity contribution in [3.8, 4) is 17.2 Å². The molecular weight excluding hydrogens is 511 g/mol. The highest BCUT2D eigenvalue weighted by molar-refractivity contribution is 7.89. The number of hydrogen-bond donors (Lipinski definition) is 1. The van der Waals surface area contributed by atoms with E-state index in [1.807, 2.05) is 0 Å². The highest BCUT2D eigenvalue weighted by atomic mass is 32.2. The molecule has 37 heavy (non-hydrogen) atoms. The third kappa shape index (κ3) is 5.35. The van der Waals surface area contributed by atoms with Crippen LogP contribution >= 0.6 is 0 Å². The van der Waals surface area contributed by atoms with Crippen LogP contribution in [0.25, 0.3) is 0 Å². The summed E-state index contributed by atoms with van der Waals surface area (Å²) in [6.45, 7) is 0. The second-order valence-electron chi connectivity index (χ2n) is 8.17. The van der Waals surface area contributed by atoms with Crippen LogP contribution in [0.4, 0.5) is 18.9 Å². The lowest BCUT2D eigenvalue weighted by Crippen LogP contribution is -2.20. The maximum absolute atomic E-state index is 13.1. The van der Waals surface area contributed by atoms with E-state index in [4.69, 9.17) is 24.5 Å². The SMILES string of the molecule is COc1cc(OC)c(C2CC(c3ccc(C(F)(F)F)cc3)=NN2c2ccc(S(N)(=O)=O)cc2)cc1OC. The van der Waals surface area contributed by atoms with E-state index in [9.17, 15) is 21.6 Å². The summed E-state index contributed by atoms with van der Waals surface area (Å²) >= 11 is 0. The summed E-state index contributed by atoms with van der Waals surface area (Å²) in [5.41, 5.74) is 1.51. The molecule has 3 aromatic carbocycles. The van der Waals surface area contributed by atoms with Gasteiger partial charge in [0.2, 0.25) is 10.0 Å². The molecule has 0 radical (unpaired) electrons. The molecule has 2 N–H and O–H groups in total. The van der Waals surface area contributed by atoms with Crippen LogP contribution in [0.1, 0.15) is 29.2 Å². The second kappa shape index (κ2) is 9.94. The van der Waals surface area contributed by atoms with Gasteiger partial charge in [-0.25, -0.2) is 13.6 Å². The zero-order chi connectivity index (χ0) is 27.0. The summed E-state index contributed by atoms with van der Waals surface area (Å²) in [7, 11) is 0.594. The van der Waals surface area contributed by atoms with E-state index in [1.165, 1.54) is 45.6 Å². The topological polar surface area (TPSA) is 103 Å². The van der Waals surface area contributed by atoms with Crippen LogP contribution in [-0.4, -0.2) is 35.5 Å². The van der Waals surface area contributed by atoms with Crippen molar-refractivity contribution in [3.63, 3.8) is 0 Å². The molecule has 8 nitrogen and oxygen atoms in total. The summed E-state index contributed by atoms with van der Waals surface area (Å²) in [5, 5.41) is 11.6. The third-order valence-electron chi connectivity index (χ3n) is 5.98. The first-order chi connectivity index (χ1) is 17.5. The molecule has 0 aromatic heterocycles. The highest BCUT2D eigenvalue weighted by Gasteiger charge is 2.34. The van der Waals surface area contributed by atoms with Crippen molar-refractivity contribution in [2.24, 2.45) is 10.2 Å². The molecular formula is C25H24F3N3O5S. The number of hydrazone groups is 1. The van der Waals surface area contributed by atoms with E-state index in [0.29, 0.717) is 46.2 Å². The monoisotopic (exact) mass is 535 g/mol. The fraction of sp³-hybridized carbons (Fsp3) is 0.240. The van der Waals surface area contributed by atoms with Gasteiger partial charge >= 0.3 is 6.18 Å². The van der Waals surface area contributed by atoms with E-state index in [-0.39, 0.29) is 4.90 Å². The maximum atomic E-state index is 13.1. The van der Waals surface area contributed by atoms with Crippen LogP contribution in [0.5, 0.6) is 17.2 Å². The van der Waals surface area contributed by atoms with E-state index >= 15 is 0 Å². The molecule has 1 aliphatic rings. The Bertz CT molecular complexity index is 1420. The van der Waals surface area contributed by atoms with Gasteiger partial charge in [-0.2, -0.15) is 18.3 Å². The van der Waals surface area contributed by atoms with Crippen LogP contribution in [0, 0.1) is 0 Å². The number of hydrogen-bond acceptors (Lipinski definition) is 7. The minimum atomic E-state index is -4.46. The van der Waals surface area contributed by atoms with Gasteiger partial charge in [0.15, 0.2) is 11.5 Å². The van der Waals surface area contributed by atoms with Crippen LogP contribution in [0.2, 0.25) is 0 Å². The Morgan fingerprint density at radius 3 is 1.97 bits per heavy atom. The van der Waals surface area contributed by atoms with Crippen LogP contribution < -0.4 is 24.4 Å². The largest absolute Gasteiger partial charge is 0.496 e. The molecule has 0 saturated carbocycles. The van der Waals surface area contributed by atoms with Gasteiger partial charge in [-0.1, -0.05) is 12.1 Å². The number of halogens is 3. The normalized spacial score (nSPS) is 15.9.